The molecular weight excluding hydrogens is 142 g/mol. The second-order valence-corrected chi connectivity index (χ2v) is 2.35. The molecule has 0 fully saturated rings. The van der Waals surface area contributed by atoms with Crippen LogP contribution < -0.4 is 0 Å². The van der Waals surface area contributed by atoms with Crippen LogP contribution in [0.5, 0.6) is 0 Å². The van der Waals surface area contributed by atoms with Gasteiger partial charge in [0.1, 0.15) is 0 Å². The molecule has 1 aromatic rings. The summed E-state index contributed by atoms with van der Waals surface area (Å²) in [6, 6.07) is 3.98. The molecule has 10 heavy (non-hydrogen) atoms. The fourth-order valence-electron chi connectivity index (χ4n) is 0.664. The SMILES string of the molecule is Cc1ccc(C=CS)cn1. The lowest BCUT2D eigenvalue weighted by molar-refractivity contribution is 1.19. The van der Waals surface area contributed by atoms with Crippen molar-refractivity contribution in [1.82, 2.24) is 4.98 Å². The molecule has 1 rings (SSSR count). The summed E-state index contributed by atoms with van der Waals surface area (Å²) in [5.41, 5.74) is 2.12. The van der Waals surface area contributed by atoms with E-state index in [9.17, 15) is 0 Å². The molecule has 0 saturated carbocycles. The molecule has 0 aliphatic carbocycles. The Hall–Kier alpha value is -0.760. The average molecular weight is 151 g/mol. The molecule has 0 radical (unpaired) electrons. The van der Waals surface area contributed by atoms with E-state index in [1.165, 1.54) is 0 Å². The third-order valence-corrected chi connectivity index (χ3v) is 1.35. The van der Waals surface area contributed by atoms with Crippen molar-refractivity contribution in [3.63, 3.8) is 0 Å². The molecule has 2 heteroatoms. The van der Waals surface area contributed by atoms with Crippen LogP contribution in [0.4, 0.5) is 0 Å². The fraction of sp³-hybridized carbons (Fsp3) is 0.125. The number of aryl methyl sites for hydroxylation is 1. The van der Waals surface area contributed by atoms with Crippen LogP contribution in [0.25, 0.3) is 6.08 Å². The van der Waals surface area contributed by atoms with Crippen molar-refractivity contribution >= 4 is 18.7 Å². The molecule has 0 atom stereocenters. The first-order valence-corrected chi connectivity index (χ1v) is 3.58. The van der Waals surface area contributed by atoms with Gasteiger partial charge in [-0.25, -0.2) is 0 Å². The number of nitrogens with zero attached hydrogens (tertiary/aromatic N) is 1. The third-order valence-electron chi connectivity index (χ3n) is 1.20. The smallest absolute Gasteiger partial charge is 0.0373 e. The zero-order valence-electron chi connectivity index (χ0n) is 5.78. The number of rotatable bonds is 1. The molecule has 0 aliphatic heterocycles. The lowest BCUT2D eigenvalue weighted by atomic mass is 10.2. The minimum atomic E-state index is 1.04. The van der Waals surface area contributed by atoms with Crippen molar-refractivity contribution in [2.24, 2.45) is 0 Å². The molecular formula is C8H9NS. The fourth-order valence-corrected chi connectivity index (χ4v) is 0.836. The Kier molecular flexibility index (Phi) is 2.51. The summed E-state index contributed by atoms with van der Waals surface area (Å²) < 4.78 is 0. The number of hydrogen-bond donors (Lipinski definition) is 1. The summed E-state index contributed by atoms with van der Waals surface area (Å²) in [7, 11) is 0. The number of pyridine rings is 1. The van der Waals surface area contributed by atoms with E-state index in [0.717, 1.165) is 11.3 Å². The molecule has 0 N–H and O–H groups in total. The Morgan fingerprint density at radius 2 is 2.30 bits per heavy atom. The average Bonchev–Trinajstić information content (AvgIpc) is 1.95. The van der Waals surface area contributed by atoms with E-state index in [1.807, 2.05) is 31.3 Å². The molecule has 0 bridgehead atoms. The Morgan fingerprint density at radius 3 is 2.80 bits per heavy atom. The first-order valence-electron chi connectivity index (χ1n) is 3.06. The molecule has 0 amide bonds. The molecule has 1 heterocycles. The highest BCUT2D eigenvalue weighted by Gasteiger charge is 1.84. The molecule has 0 aromatic carbocycles. The van der Waals surface area contributed by atoms with Crippen molar-refractivity contribution in [2.45, 2.75) is 6.92 Å². The van der Waals surface area contributed by atoms with E-state index >= 15 is 0 Å². The second-order valence-electron chi connectivity index (χ2n) is 2.05. The normalized spacial score (nSPS) is 10.6. The third kappa shape index (κ3) is 1.88. The van der Waals surface area contributed by atoms with Gasteiger partial charge < -0.3 is 0 Å². The second kappa shape index (κ2) is 3.42. The standard InChI is InChI=1S/C8H9NS/c1-7-2-3-8(4-5-10)6-9-7/h2-6,10H,1H3. The van der Waals surface area contributed by atoms with Crippen LogP contribution in [0.3, 0.4) is 0 Å². The van der Waals surface area contributed by atoms with Gasteiger partial charge in [-0.3, -0.25) is 4.98 Å². The predicted octanol–water partition coefficient (Wildman–Crippen LogP) is 2.29. The van der Waals surface area contributed by atoms with Gasteiger partial charge in [0.15, 0.2) is 0 Å². The highest BCUT2D eigenvalue weighted by molar-refractivity contribution is 7.83. The number of thiol groups is 1. The van der Waals surface area contributed by atoms with E-state index in [1.54, 1.807) is 5.41 Å². The van der Waals surface area contributed by atoms with Crippen molar-refractivity contribution in [1.29, 1.82) is 0 Å². The van der Waals surface area contributed by atoms with Gasteiger partial charge in [0.2, 0.25) is 0 Å². The predicted molar refractivity (Wildman–Crippen MR) is 47.0 cm³/mol. The Labute approximate surface area is 66.2 Å². The molecule has 0 unspecified atom stereocenters. The van der Waals surface area contributed by atoms with Gasteiger partial charge in [0, 0.05) is 11.9 Å². The Bertz CT molecular complexity index is 226. The summed E-state index contributed by atoms with van der Waals surface area (Å²) in [6.45, 7) is 1.97. The molecule has 1 nitrogen and oxygen atoms in total. The van der Waals surface area contributed by atoms with Crippen LogP contribution in [0.1, 0.15) is 11.3 Å². The first-order chi connectivity index (χ1) is 4.83. The van der Waals surface area contributed by atoms with Crippen molar-refractivity contribution < 1.29 is 0 Å². The topological polar surface area (TPSA) is 12.9 Å². The van der Waals surface area contributed by atoms with E-state index in [2.05, 4.69) is 17.6 Å². The minimum Gasteiger partial charge on any atom is -0.261 e. The maximum absolute atomic E-state index is 4.11. The zero-order chi connectivity index (χ0) is 7.40. The lowest BCUT2D eigenvalue weighted by Gasteiger charge is -1.91. The summed E-state index contributed by atoms with van der Waals surface area (Å²) in [6.07, 6.45) is 3.72. The molecule has 1 aromatic heterocycles. The highest BCUT2D eigenvalue weighted by Crippen LogP contribution is 2.01. The van der Waals surface area contributed by atoms with Crippen LogP contribution in [0.15, 0.2) is 23.7 Å². The quantitative estimate of drug-likeness (QED) is 0.608. The van der Waals surface area contributed by atoms with Gasteiger partial charge in [-0.1, -0.05) is 6.07 Å². The van der Waals surface area contributed by atoms with Crippen molar-refractivity contribution in [3.8, 4) is 0 Å². The van der Waals surface area contributed by atoms with Gasteiger partial charge in [-0.05, 0) is 30.0 Å². The van der Waals surface area contributed by atoms with Crippen LogP contribution in [0, 0.1) is 6.92 Å². The number of aromatic nitrogens is 1. The molecule has 0 spiro atoms. The van der Waals surface area contributed by atoms with Crippen molar-refractivity contribution in [2.75, 3.05) is 0 Å². The molecule has 0 saturated heterocycles. The van der Waals surface area contributed by atoms with E-state index in [4.69, 9.17) is 0 Å². The van der Waals surface area contributed by atoms with Gasteiger partial charge in [0.25, 0.3) is 0 Å². The van der Waals surface area contributed by atoms with Crippen LogP contribution >= 0.6 is 12.6 Å². The largest absolute Gasteiger partial charge is 0.261 e. The minimum absolute atomic E-state index is 1.04. The van der Waals surface area contributed by atoms with Crippen LogP contribution in [-0.2, 0) is 0 Å². The van der Waals surface area contributed by atoms with Crippen LogP contribution in [0.2, 0.25) is 0 Å². The van der Waals surface area contributed by atoms with E-state index in [0.29, 0.717) is 0 Å². The van der Waals surface area contributed by atoms with Gasteiger partial charge in [0.05, 0.1) is 0 Å². The number of hydrogen-bond acceptors (Lipinski definition) is 2. The van der Waals surface area contributed by atoms with Gasteiger partial charge in [-0.2, -0.15) is 12.6 Å². The zero-order valence-corrected chi connectivity index (χ0v) is 6.68. The van der Waals surface area contributed by atoms with Crippen LogP contribution in [-0.4, -0.2) is 4.98 Å². The summed E-state index contributed by atoms with van der Waals surface area (Å²) in [4.78, 5) is 4.11. The van der Waals surface area contributed by atoms with E-state index in [-0.39, 0.29) is 0 Å². The Balaban J connectivity index is 2.89. The van der Waals surface area contributed by atoms with Gasteiger partial charge in [-0.15, -0.1) is 0 Å². The summed E-state index contributed by atoms with van der Waals surface area (Å²) in [5, 5.41) is 1.70. The molecule has 0 aliphatic rings. The molecule has 52 valence electrons. The maximum atomic E-state index is 4.11. The lowest BCUT2D eigenvalue weighted by Crippen LogP contribution is -1.79. The first kappa shape index (κ1) is 7.35. The highest BCUT2D eigenvalue weighted by atomic mass is 32.1. The maximum Gasteiger partial charge on any atom is 0.0373 e. The monoisotopic (exact) mass is 151 g/mol. The van der Waals surface area contributed by atoms with E-state index < -0.39 is 0 Å². The Morgan fingerprint density at radius 1 is 1.50 bits per heavy atom. The van der Waals surface area contributed by atoms with Crippen molar-refractivity contribution in [3.05, 3.63) is 35.0 Å². The summed E-state index contributed by atoms with van der Waals surface area (Å²) >= 11 is 3.95. The summed E-state index contributed by atoms with van der Waals surface area (Å²) in [5.74, 6) is 0. The van der Waals surface area contributed by atoms with Gasteiger partial charge >= 0.3 is 0 Å².